The summed E-state index contributed by atoms with van der Waals surface area (Å²) in [5.74, 6) is 0.641. The lowest BCUT2D eigenvalue weighted by Gasteiger charge is -2.08. The molecule has 42 heavy (non-hydrogen) atoms. The van der Waals surface area contributed by atoms with Crippen LogP contribution in [0, 0.1) is 0 Å². The van der Waals surface area contributed by atoms with Crippen LogP contribution in [0.5, 0.6) is 0 Å². The van der Waals surface area contributed by atoms with Gasteiger partial charge in [-0.3, -0.25) is 4.79 Å². The zero-order valence-corrected chi connectivity index (χ0v) is 23.0. The molecule has 5 aromatic carbocycles. The van der Waals surface area contributed by atoms with Gasteiger partial charge in [-0.2, -0.15) is 0 Å². The number of aromatic nitrogens is 3. The SMILES string of the molecule is O=c1c2oc(-c3ccc4c(c3)c3ccccc3n4-c3ccccc3)c(-c3ccccc3)c2nc2sc3ccccc3n12. The molecule has 4 heterocycles. The minimum absolute atomic E-state index is 0.197. The molecule has 5 nitrogen and oxygen atoms in total. The van der Waals surface area contributed by atoms with Crippen LogP contribution in [0.4, 0.5) is 0 Å². The van der Waals surface area contributed by atoms with Gasteiger partial charge < -0.3 is 8.98 Å². The molecule has 0 unspecified atom stereocenters. The van der Waals surface area contributed by atoms with E-state index >= 15 is 0 Å². The first kappa shape index (κ1) is 23.3. The molecular formula is C36H21N3O2S. The van der Waals surface area contributed by atoms with Crippen LogP contribution in [0.25, 0.3) is 76.2 Å². The van der Waals surface area contributed by atoms with Crippen molar-refractivity contribution in [3.8, 4) is 28.1 Å². The van der Waals surface area contributed by atoms with Crippen molar-refractivity contribution < 1.29 is 4.42 Å². The van der Waals surface area contributed by atoms with Gasteiger partial charge in [0.05, 0.1) is 26.8 Å². The van der Waals surface area contributed by atoms with Gasteiger partial charge in [0, 0.05) is 22.0 Å². The lowest BCUT2D eigenvalue weighted by atomic mass is 9.99. The number of para-hydroxylation sites is 3. The van der Waals surface area contributed by atoms with Crippen LogP contribution in [0.2, 0.25) is 0 Å². The third-order valence-electron chi connectivity index (χ3n) is 8.00. The molecule has 6 heteroatoms. The Morgan fingerprint density at radius 1 is 0.643 bits per heavy atom. The molecule has 9 rings (SSSR count). The van der Waals surface area contributed by atoms with Gasteiger partial charge in [-0.25, -0.2) is 9.38 Å². The molecule has 4 aromatic heterocycles. The third kappa shape index (κ3) is 3.24. The fraction of sp³-hybridized carbons (Fsp3) is 0. The Morgan fingerprint density at radius 2 is 1.33 bits per heavy atom. The first-order valence-electron chi connectivity index (χ1n) is 13.8. The first-order valence-corrected chi connectivity index (χ1v) is 14.6. The molecule has 0 N–H and O–H groups in total. The Bertz CT molecular complexity index is 2540. The van der Waals surface area contributed by atoms with E-state index in [9.17, 15) is 4.79 Å². The van der Waals surface area contributed by atoms with Gasteiger partial charge in [-0.15, -0.1) is 0 Å². The molecule has 0 atom stereocenters. The summed E-state index contributed by atoms with van der Waals surface area (Å²) in [4.78, 5) is 19.7. The van der Waals surface area contributed by atoms with Crippen molar-refractivity contribution in [2.24, 2.45) is 0 Å². The lowest BCUT2D eigenvalue weighted by Crippen LogP contribution is -2.12. The quantitative estimate of drug-likeness (QED) is 0.217. The standard InChI is InChI=1S/C36H21N3O2S/c40-35-34-32(37-36-39(35)29-17-9-10-18-30(29)42-36)31(22-11-3-1-4-12-22)33(41-34)23-19-20-28-26(21-23)25-15-7-8-16-27(25)38(28)24-13-5-2-6-14-24/h1-21H. The van der Waals surface area contributed by atoms with E-state index in [1.807, 2.05) is 60.7 Å². The summed E-state index contributed by atoms with van der Waals surface area (Å²) in [7, 11) is 0. The summed E-state index contributed by atoms with van der Waals surface area (Å²) in [6, 6.07) is 43.2. The Labute approximate surface area is 243 Å². The number of fused-ring (bicyclic) bond motifs is 7. The van der Waals surface area contributed by atoms with E-state index in [0.717, 1.165) is 54.4 Å². The molecule has 0 spiro atoms. The molecule has 0 amide bonds. The van der Waals surface area contributed by atoms with E-state index in [2.05, 4.69) is 71.3 Å². The molecule has 0 aliphatic carbocycles. The molecule has 0 saturated heterocycles. The third-order valence-corrected chi connectivity index (χ3v) is 9.02. The molecule has 0 fully saturated rings. The minimum atomic E-state index is -0.197. The number of hydrogen-bond acceptors (Lipinski definition) is 4. The number of thiazole rings is 1. The summed E-state index contributed by atoms with van der Waals surface area (Å²) in [5, 5.41) is 2.27. The summed E-state index contributed by atoms with van der Waals surface area (Å²) in [6.07, 6.45) is 0. The smallest absolute Gasteiger partial charge is 0.302 e. The van der Waals surface area contributed by atoms with Crippen LogP contribution < -0.4 is 5.56 Å². The Morgan fingerprint density at radius 3 is 2.17 bits per heavy atom. The van der Waals surface area contributed by atoms with Crippen LogP contribution in [-0.2, 0) is 0 Å². The van der Waals surface area contributed by atoms with Crippen LogP contribution in [0.3, 0.4) is 0 Å². The molecule has 9 aromatic rings. The Balaban J connectivity index is 1.37. The maximum Gasteiger partial charge on any atom is 0.302 e. The van der Waals surface area contributed by atoms with Gasteiger partial charge in [0.25, 0.3) is 0 Å². The van der Waals surface area contributed by atoms with Gasteiger partial charge in [0.2, 0.25) is 5.58 Å². The zero-order valence-electron chi connectivity index (χ0n) is 22.2. The number of rotatable bonds is 3. The highest BCUT2D eigenvalue weighted by Crippen LogP contribution is 2.42. The molecule has 198 valence electrons. The van der Waals surface area contributed by atoms with Crippen molar-refractivity contribution >= 4 is 59.4 Å². The van der Waals surface area contributed by atoms with E-state index in [0.29, 0.717) is 16.2 Å². The Hall–Kier alpha value is -5.46. The van der Waals surface area contributed by atoms with Gasteiger partial charge >= 0.3 is 5.56 Å². The van der Waals surface area contributed by atoms with Crippen LogP contribution >= 0.6 is 11.3 Å². The predicted molar refractivity (Wildman–Crippen MR) is 172 cm³/mol. The fourth-order valence-corrected chi connectivity index (χ4v) is 7.18. The number of hydrogen-bond donors (Lipinski definition) is 0. The second-order valence-electron chi connectivity index (χ2n) is 10.4. The molecule has 0 aliphatic heterocycles. The van der Waals surface area contributed by atoms with E-state index in [-0.39, 0.29) is 11.1 Å². The Kier molecular flexibility index (Phi) is 4.86. The van der Waals surface area contributed by atoms with E-state index in [4.69, 9.17) is 9.40 Å². The van der Waals surface area contributed by atoms with Crippen LogP contribution in [0.15, 0.2) is 137 Å². The van der Waals surface area contributed by atoms with Crippen LogP contribution in [-0.4, -0.2) is 14.0 Å². The maximum atomic E-state index is 14.0. The predicted octanol–water partition coefficient (Wildman–Crippen LogP) is 9.09. The molecular weight excluding hydrogens is 538 g/mol. The van der Waals surface area contributed by atoms with E-state index in [1.165, 1.54) is 11.3 Å². The summed E-state index contributed by atoms with van der Waals surface area (Å²) in [5.41, 5.74) is 7.51. The van der Waals surface area contributed by atoms with Crippen LogP contribution in [0.1, 0.15) is 0 Å². The van der Waals surface area contributed by atoms with Crippen molar-refractivity contribution in [3.63, 3.8) is 0 Å². The van der Waals surface area contributed by atoms with E-state index in [1.54, 1.807) is 4.40 Å². The molecule has 0 saturated carbocycles. The number of benzene rings is 5. The van der Waals surface area contributed by atoms with Crippen molar-refractivity contribution in [2.45, 2.75) is 0 Å². The second kappa shape index (κ2) is 8.77. The van der Waals surface area contributed by atoms with Gasteiger partial charge in [-0.1, -0.05) is 90.2 Å². The number of nitrogens with zero attached hydrogens (tertiary/aromatic N) is 3. The monoisotopic (exact) mass is 559 g/mol. The van der Waals surface area contributed by atoms with Crippen molar-refractivity contribution in [3.05, 3.63) is 138 Å². The van der Waals surface area contributed by atoms with Crippen molar-refractivity contribution in [1.82, 2.24) is 14.0 Å². The van der Waals surface area contributed by atoms with Crippen molar-refractivity contribution in [2.75, 3.05) is 0 Å². The minimum Gasteiger partial charge on any atom is -0.448 e. The van der Waals surface area contributed by atoms with Gasteiger partial charge in [0.15, 0.2) is 4.96 Å². The maximum absolute atomic E-state index is 14.0. The number of furan rings is 1. The molecule has 0 aliphatic rings. The molecule has 0 radical (unpaired) electrons. The summed E-state index contributed by atoms with van der Waals surface area (Å²) < 4.78 is 11.5. The highest BCUT2D eigenvalue weighted by Gasteiger charge is 2.24. The fourth-order valence-electron chi connectivity index (χ4n) is 6.16. The lowest BCUT2D eigenvalue weighted by molar-refractivity contribution is 0.625. The molecule has 0 bridgehead atoms. The van der Waals surface area contributed by atoms with Gasteiger partial charge in [-0.05, 0) is 54.1 Å². The second-order valence-corrected chi connectivity index (χ2v) is 11.4. The zero-order chi connectivity index (χ0) is 27.8. The summed E-state index contributed by atoms with van der Waals surface area (Å²) in [6.45, 7) is 0. The summed E-state index contributed by atoms with van der Waals surface area (Å²) >= 11 is 1.51. The normalized spacial score (nSPS) is 11.9. The average Bonchev–Trinajstić information content (AvgIpc) is 3.71. The van der Waals surface area contributed by atoms with Gasteiger partial charge in [0.1, 0.15) is 11.3 Å². The highest BCUT2D eigenvalue weighted by atomic mass is 32.1. The largest absolute Gasteiger partial charge is 0.448 e. The first-order chi connectivity index (χ1) is 20.8. The average molecular weight is 560 g/mol. The highest BCUT2D eigenvalue weighted by molar-refractivity contribution is 7.23. The van der Waals surface area contributed by atoms with Crippen molar-refractivity contribution in [1.29, 1.82) is 0 Å². The topological polar surface area (TPSA) is 52.4 Å². The van der Waals surface area contributed by atoms with E-state index < -0.39 is 0 Å².